The number of anilines is 1. The summed E-state index contributed by atoms with van der Waals surface area (Å²) in [7, 11) is 0. The van der Waals surface area contributed by atoms with E-state index in [9.17, 15) is 9.59 Å². The number of hydrogen-bond acceptors (Lipinski definition) is 4. The van der Waals surface area contributed by atoms with Crippen LogP contribution >= 0.6 is 34.5 Å². The Labute approximate surface area is 160 Å². The smallest absolute Gasteiger partial charge is 0.265 e. The molecule has 0 fully saturated rings. The number of hydrogen-bond donors (Lipinski definition) is 1. The molecule has 0 radical (unpaired) electrons. The standard InChI is InChI=1S/C17H18Cl2N2O3S/c1-3-21(4-2)16(22)10-24-13-6-5-11(9-12(13)18)20-17(23)14-7-8-15(19)25-14/h5-9H,3-4,10H2,1-2H3,(H,20,23). The number of carbonyl (C=O) groups excluding carboxylic acids is 2. The molecule has 0 aliphatic rings. The molecule has 1 aromatic heterocycles. The van der Waals surface area contributed by atoms with Crippen LogP contribution in [0.25, 0.3) is 0 Å². The van der Waals surface area contributed by atoms with E-state index in [1.165, 1.54) is 11.3 Å². The van der Waals surface area contributed by atoms with E-state index in [0.717, 1.165) is 0 Å². The minimum absolute atomic E-state index is 0.0825. The van der Waals surface area contributed by atoms with Crippen LogP contribution in [0.4, 0.5) is 5.69 Å². The number of likely N-dealkylation sites (N-methyl/N-ethyl adjacent to an activating group) is 1. The first-order valence-electron chi connectivity index (χ1n) is 7.71. The largest absolute Gasteiger partial charge is 0.482 e. The van der Waals surface area contributed by atoms with Gasteiger partial charge in [-0.15, -0.1) is 11.3 Å². The summed E-state index contributed by atoms with van der Waals surface area (Å²) in [6, 6.07) is 8.18. The quantitative estimate of drug-likeness (QED) is 0.740. The molecule has 8 heteroatoms. The zero-order chi connectivity index (χ0) is 18.4. The second-order valence-corrected chi connectivity index (χ2v) is 7.18. The van der Waals surface area contributed by atoms with Crippen molar-refractivity contribution in [3.05, 3.63) is 44.6 Å². The van der Waals surface area contributed by atoms with Crippen molar-refractivity contribution in [2.24, 2.45) is 0 Å². The molecule has 0 bridgehead atoms. The number of amides is 2. The van der Waals surface area contributed by atoms with Crippen LogP contribution in [0.2, 0.25) is 9.36 Å². The van der Waals surface area contributed by atoms with Crippen molar-refractivity contribution >= 4 is 52.0 Å². The fraction of sp³-hybridized carbons (Fsp3) is 0.294. The predicted octanol–water partition coefficient (Wildman–Crippen LogP) is 4.55. The van der Waals surface area contributed by atoms with Crippen LogP contribution in [-0.2, 0) is 4.79 Å². The van der Waals surface area contributed by atoms with Crippen molar-refractivity contribution in [2.75, 3.05) is 25.0 Å². The molecule has 2 aromatic rings. The first-order valence-corrected chi connectivity index (χ1v) is 9.28. The van der Waals surface area contributed by atoms with E-state index >= 15 is 0 Å². The number of ether oxygens (including phenoxy) is 1. The Hall–Kier alpha value is -1.76. The van der Waals surface area contributed by atoms with Gasteiger partial charge in [0.2, 0.25) is 0 Å². The molecule has 0 atom stereocenters. The van der Waals surface area contributed by atoms with Crippen molar-refractivity contribution in [3.8, 4) is 5.75 Å². The van der Waals surface area contributed by atoms with Crippen LogP contribution in [0.5, 0.6) is 5.75 Å². The maximum atomic E-state index is 12.1. The maximum Gasteiger partial charge on any atom is 0.265 e. The molecule has 1 aromatic carbocycles. The Morgan fingerprint density at radius 2 is 1.88 bits per heavy atom. The molecule has 1 heterocycles. The van der Waals surface area contributed by atoms with Crippen LogP contribution in [-0.4, -0.2) is 36.4 Å². The summed E-state index contributed by atoms with van der Waals surface area (Å²) in [5.41, 5.74) is 0.530. The highest BCUT2D eigenvalue weighted by atomic mass is 35.5. The Morgan fingerprint density at radius 1 is 1.16 bits per heavy atom. The van der Waals surface area contributed by atoms with Gasteiger partial charge in [0.05, 0.1) is 14.2 Å². The van der Waals surface area contributed by atoms with Crippen molar-refractivity contribution in [3.63, 3.8) is 0 Å². The van der Waals surface area contributed by atoms with Crippen molar-refractivity contribution < 1.29 is 14.3 Å². The molecule has 0 saturated carbocycles. The maximum absolute atomic E-state index is 12.1. The van der Waals surface area contributed by atoms with Gasteiger partial charge < -0.3 is 15.0 Å². The average Bonchev–Trinajstić information content (AvgIpc) is 3.02. The van der Waals surface area contributed by atoms with Gasteiger partial charge in [-0.1, -0.05) is 23.2 Å². The van der Waals surface area contributed by atoms with Gasteiger partial charge in [0.25, 0.3) is 11.8 Å². The zero-order valence-corrected chi connectivity index (χ0v) is 16.2. The van der Waals surface area contributed by atoms with Gasteiger partial charge >= 0.3 is 0 Å². The molecule has 0 spiro atoms. The fourth-order valence-electron chi connectivity index (χ4n) is 2.13. The third-order valence-corrected chi connectivity index (χ3v) is 4.98. The summed E-state index contributed by atoms with van der Waals surface area (Å²) >= 11 is 13.2. The van der Waals surface area contributed by atoms with Crippen LogP contribution in [0.1, 0.15) is 23.5 Å². The molecule has 25 heavy (non-hydrogen) atoms. The molecule has 0 aliphatic heterocycles. The predicted molar refractivity (Wildman–Crippen MR) is 102 cm³/mol. The molecular formula is C17H18Cl2N2O3S. The Balaban J connectivity index is 1.98. The van der Waals surface area contributed by atoms with Crippen LogP contribution < -0.4 is 10.1 Å². The lowest BCUT2D eigenvalue weighted by Crippen LogP contribution is -2.34. The third kappa shape index (κ3) is 5.36. The minimum Gasteiger partial charge on any atom is -0.482 e. The molecule has 1 N–H and O–H groups in total. The summed E-state index contributed by atoms with van der Waals surface area (Å²) in [5, 5.41) is 3.05. The molecular weight excluding hydrogens is 383 g/mol. The van der Waals surface area contributed by atoms with Gasteiger partial charge in [-0.25, -0.2) is 0 Å². The summed E-state index contributed by atoms with van der Waals surface area (Å²) in [6.45, 7) is 4.99. The number of rotatable bonds is 7. The summed E-state index contributed by atoms with van der Waals surface area (Å²) in [4.78, 5) is 26.2. The Bertz CT molecular complexity index is 760. The number of thiophene rings is 1. The minimum atomic E-state index is -0.265. The summed E-state index contributed by atoms with van der Waals surface area (Å²) in [6.07, 6.45) is 0. The van der Waals surface area contributed by atoms with E-state index in [2.05, 4.69) is 5.32 Å². The molecule has 2 amide bonds. The van der Waals surface area contributed by atoms with Gasteiger partial charge in [0, 0.05) is 18.8 Å². The normalized spacial score (nSPS) is 10.4. The topological polar surface area (TPSA) is 58.6 Å². The fourth-order valence-corrected chi connectivity index (χ4v) is 3.31. The first-order chi connectivity index (χ1) is 11.9. The first kappa shape index (κ1) is 19.6. The molecule has 0 aliphatic carbocycles. The number of nitrogens with zero attached hydrogens (tertiary/aromatic N) is 1. The van der Waals surface area contributed by atoms with Gasteiger partial charge in [-0.2, -0.15) is 0 Å². The molecule has 0 unspecified atom stereocenters. The lowest BCUT2D eigenvalue weighted by molar-refractivity contribution is -0.132. The van der Waals surface area contributed by atoms with Gasteiger partial charge in [-0.05, 0) is 44.2 Å². The third-order valence-electron chi connectivity index (χ3n) is 3.45. The molecule has 0 saturated heterocycles. The van der Waals surface area contributed by atoms with Crippen LogP contribution in [0.3, 0.4) is 0 Å². The lowest BCUT2D eigenvalue weighted by atomic mass is 10.3. The summed E-state index contributed by atoms with van der Waals surface area (Å²) < 4.78 is 6.03. The van der Waals surface area contributed by atoms with Gasteiger partial charge in [0.15, 0.2) is 6.61 Å². The monoisotopic (exact) mass is 400 g/mol. The highest BCUT2D eigenvalue weighted by Gasteiger charge is 2.13. The number of benzene rings is 1. The van der Waals surface area contributed by atoms with Crippen molar-refractivity contribution in [1.82, 2.24) is 4.90 Å². The molecule has 2 rings (SSSR count). The molecule has 5 nitrogen and oxygen atoms in total. The summed E-state index contributed by atoms with van der Waals surface area (Å²) in [5.74, 6) is 0.0192. The van der Waals surface area contributed by atoms with Gasteiger partial charge in [0.1, 0.15) is 5.75 Å². The average molecular weight is 401 g/mol. The van der Waals surface area contributed by atoms with Gasteiger partial charge in [-0.3, -0.25) is 9.59 Å². The Kier molecular flexibility index (Phi) is 7.11. The lowest BCUT2D eigenvalue weighted by Gasteiger charge is -2.19. The number of carbonyl (C=O) groups is 2. The van der Waals surface area contributed by atoms with E-state index in [1.54, 1.807) is 35.2 Å². The highest BCUT2D eigenvalue weighted by molar-refractivity contribution is 7.18. The van der Waals surface area contributed by atoms with E-state index in [-0.39, 0.29) is 18.4 Å². The van der Waals surface area contributed by atoms with Crippen molar-refractivity contribution in [2.45, 2.75) is 13.8 Å². The Morgan fingerprint density at radius 3 is 2.44 bits per heavy atom. The zero-order valence-electron chi connectivity index (χ0n) is 13.8. The van der Waals surface area contributed by atoms with Crippen LogP contribution in [0.15, 0.2) is 30.3 Å². The molecule has 134 valence electrons. The van der Waals surface area contributed by atoms with Crippen LogP contribution in [0, 0.1) is 0 Å². The number of nitrogens with one attached hydrogen (secondary N) is 1. The van der Waals surface area contributed by atoms with E-state index < -0.39 is 0 Å². The van der Waals surface area contributed by atoms with E-state index in [1.807, 2.05) is 13.8 Å². The van der Waals surface area contributed by atoms with Crippen molar-refractivity contribution in [1.29, 1.82) is 0 Å². The second-order valence-electron chi connectivity index (χ2n) is 5.06. The second kappa shape index (κ2) is 9.08. The SMILES string of the molecule is CCN(CC)C(=O)COc1ccc(NC(=O)c2ccc(Cl)s2)cc1Cl. The number of halogens is 2. The van der Waals surface area contributed by atoms with E-state index in [4.69, 9.17) is 27.9 Å². The van der Waals surface area contributed by atoms with E-state index in [0.29, 0.717) is 38.8 Å². The highest BCUT2D eigenvalue weighted by Crippen LogP contribution is 2.29.